The number of benzene rings is 1. The van der Waals surface area contributed by atoms with Gasteiger partial charge in [0, 0.05) is 10.9 Å². The molecule has 1 aromatic rings. The lowest BCUT2D eigenvalue weighted by Crippen LogP contribution is -2.41. The van der Waals surface area contributed by atoms with Crippen molar-refractivity contribution in [1.29, 1.82) is 0 Å². The molecule has 0 bridgehead atoms. The van der Waals surface area contributed by atoms with Gasteiger partial charge in [0.2, 0.25) is 0 Å². The van der Waals surface area contributed by atoms with Crippen LogP contribution in [0.25, 0.3) is 0 Å². The highest BCUT2D eigenvalue weighted by molar-refractivity contribution is 6.31. The predicted octanol–water partition coefficient (Wildman–Crippen LogP) is 3.32. The van der Waals surface area contributed by atoms with E-state index in [-0.39, 0.29) is 18.1 Å². The maximum absolute atomic E-state index is 11.3. The second-order valence-electron chi connectivity index (χ2n) is 5.35. The van der Waals surface area contributed by atoms with Crippen molar-refractivity contribution in [3.05, 3.63) is 34.9 Å². The molecule has 1 aliphatic rings. The van der Waals surface area contributed by atoms with Crippen LogP contribution < -0.4 is 0 Å². The van der Waals surface area contributed by atoms with Gasteiger partial charge in [0.1, 0.15) is 0 Å². The van der Waals surface area contributed by atoms with Gasteiger partial charge in [0.15, 0.2) is 0 Å². The number of aliphatic carboxylic acids is 1. The standard InChI is InChI=1S/C14H17ClO3/c1-14(2)7-10(11(8-18-14)13(16)17)9-5-3-4-6-12(9)15/h3-6,10-11H,7-8H2,1-2H3,(H,16,17)/t10-,11-/m1/s1. The molecule has 1 heterocycles. The van der Waals surface area contributed by atoms with Crippen LogP contribution in [-0.4, -0.2) is 23.3 Å². The van der Waals surface area contributed by atoms with Crippen LogP contribution in [0.3, 0.4) is 0 Å². The van der Waals surface area contributed by atoms with Gasteiger partial charge in [0.05, 0.1) is 18.1 Å². The third kappa shape index (κ3) is 2.68. The number of halogens is 1. The lowest BCUT2D eigenvalue weighted by Gasteiger charge is -2.39. The Hall–Kier alpha value is -1.06. The summed E-state index contributed by atoms with van der Waals surface area (Å²) < 4.78 is 5.61. The molecule has 0 aliphatic carbocycles. The minimum atomic E-state index is -0.824. The molecule has 1 fully saturated rings. The summed E-state index contributed by atoms with van der Waals surface area (Å²) in [5.74, 6) is -1.45. The van der Waals surface area contributed by atoms with Crippen LogP contribution in [0.1, 0.15) is 31.7 Å². The molecule has 98 valence electrons. The molecule has 2 rings (SSSR count). The minimum Gasteiger partial charge on any atom is -0.481 e. The highest BCUT2D eigenvalue weighted by Crippen LogP contribution is 2.41. The average Bonchev–Trinajstić information content (AvgIpc) is 2.27. The van der Waals surface area contributed by atoms with Gasteiger partial charge in [-0.2, -0.15) is 0 Å². The molecule has 1 saturated heterocycles. The normalized spacial score (nSPS) is 26.8. The zero-order chi connectivity index (χ0) is 13.3. The van der Waals surface area contributed by atoms with Crippen molar-refractivity contribution in [2.24, 2.45) is 5.92 Å². The summed E-state index contributed by atoms with van der Waals surface area (Å²) in [7, 11) is 0. The van der Waals surface area contributed by atoms with Crippen LogP contribution >= 0.6 is 11.6 Å². The summed E-state index contributed by atoms with van der Waals surface area (Å²) in [4.78, 5) is 11.3. The molecule has 0 aromatic heterocycles. The number of carboxylic acids is 1. The van der Waals surface area contributed by atoms with E-state index < -0.39 is 11.9 Å². The molecule has 1 aromatic carbocycles. The Kier molecular flexibility index (Phi) is 3.64. The van der Waals surface area contributed by atoms with Crippen LogP contribution in [0.2, 0.25) is 5.02 Å². The molecule has 18 heavy (non-hydrogen) atoms. The van der Waals surface area contributed by atoms with Crippen molar-refractivity contribution >= 4 is 17.6 Å². The second-order valence-corrected chi connectivity index (χ2v) is 5.75. The van der Waals surface area contributed by atoms with Crippen molar-refractivity contribution < 1.29 is 14.6 Å². The Bertz CT molecular complexity index is 456. The van der Waals surface area contributed by atoms with Gasteiger partial charge in [-0.1, -0.05) is 29.8 Å². The van der Waals surface area contributed by atoms with Crippen LogP contribution in [0.5, 0.6) is 0 Å². The lowest BCUT2D eigenvalue weighted by molar-refractivity contribution is -0.155. The predicted molar refractivity (Wildman–Crippen MR) is 70.0 cm³/mol. The molecule has 3 nitrogen and oxygen atoms in total. The Balaban J connectivity index is 2.36. The summed E-state index contributed by atoms with van der Waals surface area (Å²) in [5.41, 5.74) is 0.596. The second kappa shape index (κ2) is 4.90. The van der Waals surface area contributed by atoms with Gasteiger partial charge in [-0.15, -0.1) is 0 Å². The third-order valence-corrected chi connectivity index (χ3v) is 3.82. The summed E-state index contributed by atoms with van der Waals surface area (Å²) >= 11 is 6.19. The van der Waals surface area contributed by atoms with E-state index in [1.165, 1.54) is 0 Å². The first-order chi connectivity index (χ1) is 8.41. The summed E-state index contributed by atoms with van der Waals surface area (Å²) in [6.45, 7) is 4.20. The molecule has 0 unspecified atom stereocenters. The van der Waals surface area contributed by atoms with E-state index >= 15 is 0 Å². The number of hydrogen-bond acceptors (Lipinski definition) is 2. The summed E-state index contributed by atoms with van der Waals surface area (Å²) in [6.07, 6.45) is 0.660. The van der Waals surface area contributed by atoms with Gasteiger partial charge in [0.25, 0.3) is 0 Å². The van der Waals surface area contributed by atoms with Gasteiger partial charge in [-0.05, 0) is 31.9 Å². The number of rotatable bonds is 2. The molecule has 4 heteroatoms. The Morgan fingerprint density at radius 2 is 2.11 bits per heavy atom. The van der Waals surface area contributed by atoms with Gasteiger partial charge >= 0.3 is 5.97 Å². The van der Waals surface area contributed by atoms with E-state index in [1.54, 1.807) is 6.07 Å². The van der Waals surface area contributed by atoms with Crippen LogP contribution in [-0.2, 0) is 9.53 Å². The van der Waals surface area contributed by atoms with Crippen molar-refractivity contribution in [3.63, 3.8) is 0 Å². The highest BCUT2D eigenvalue weighted by Gasteiger charge is 2.40. The molecule has 2 atom stereocenters. The minimum absolute atomic E-state index is 0.0973. The van der Waals surface area contributed by atoms with Gasteiger partial charge < -0.3 is 9.84 Å². The van der Waals surface area contributed by atoms with E-state index in [4.69, 9.17) is 16.3 Å². The molecular weight excluding hydrogens is 252 g/mol. The number of carbonyl (C=O) groups is 1. The van der Waals surface area contributed by atoms with Crippen LogP contribution in [0.15, 0.2) is 24.3 Å². The molecule has 1 aliphatic heterocycles. The Labute approximate surface area is 112 Å². The fourth-order valence-corrected chi connectivity index (χ4v) is 2.78. The molecule has 0 amide bonds. The number of ether oxygens (including phenoxy) is 1. The van der Waals surface area contributed by atoms with Crippen molar-refractivity contribution in [2.45, 2.75) is 31.8 Å². The average molecular weight is 269 g/mol. The van der Waals surface area contributed by atoms with Crippen LogP contribution in [0, 0.1) is 5.92 Å². The highest BCUT2D eigenvalue weighted by atomic mass is 35.5. The summed E-state index contributed by atoms with van der Waals surface area (Å²) in [5, 5.41) is 9.94. The van der Waals surface area contributed by atoms with E-state index in [9.17, 15) is 9.90 Å². The van der Waals surface area contributed by atoms with E-state index in [0.29, 0.717) is 11.4 Å². The van der Waals surface area contributed by atoms with E-state index in [0.717, 1.165) is 5.56 Å². The third-order valence-electron chi connectivity index (χ3n) is 3.47. The maximum atomic E-state index is 11.3. The van der Waals surface area contributed by atoms with Crippen molar-refractivity contribution in [2.75, 3.05) is 6.61 Å². The lowest BCUT2D eigenvalue weighted by atomic mass is 9.77. The Morgan fingerprint density at radius 1 is 1.44 bits per heavy atom. The largest absolute Gasteiger partial charge is 0.481 e. The fourth-order valence-electron chi connectivity index (χ4n) is 2.51. The van der Waals surface area contributed by atoms with E-state index in [2.05, 4.69) is 0 Å². The van der Waals surface area contributed by atoms with Crippen molar-refractivity contribution in [3.8, 4) is 0 Å². The fraction of sp³-hybridized carbons (Fsp3) is 0.500. The van der Waals surface area contributed by atoms with E-state index in [1.807, 2.05) is 32.0 Å². The first-order valence-electron chi connectivity index (χ1n) is 6.02. The first kappa shape index (κ1) is 13.4. The zero-order valence-corrected chi connectivity index (χ0v) is 11.3. The topological polar surface area (TPSA) is 46.5 Å². The molecule has 0 saturated carbocycles. The SMILES string of the molecule is CC1(C)C[C@H](c2ccccc2Cl)[C@H](C(=O)O)CO1. The molecule has 0 spiro atoms. The molecule has 1 N–H and O–H groups in total. The van der Waals surface area contributed by atoms with Crippen LogP contribution in [0.4, 0.5) is 0 Å². The van der Waals surface area contributed by atoms with Crippen molar-refractivity contribution in [1.82, 2.24) is 0 Å². The first-order valence-corrected chi connectivity index (χ1v) is 6.40. The zero-order valence-electron chi connectivity index (χ0n) is 10.5. The van der Waals surface area contributed by atoms with Gasteiger partial charge in [-0.3, -0.25) is 4.79 Å². The number of carboxylic acid groups (broad SMARTS) is 1. The maximum Gasteiger partial charge on any atom is 0.309 e. The molecule has 0 radical (unpaired) electrons. The summed E-state index contributed by atoms with van der Waals surface area (Å²) in [6, 6.07) is 7.46. The smallest absolute Gasteiger partial charge is 0.309 e. The quantitative estimate of drug-likeness (QED) is 0.895. The Morgan fingerprint density at radius 3 is 2.72 bits per heavy atom. The number of hydrogen-bond donors (Lipinski definition) is 1. The van der Waals surface area contributed by atoms with Gasteiger partial charge in [-0.25, -0.2) is 0 Å². The monoisotopic (exact) mass is 268 g/mol. The molecular formula is C14H17ClO3.